The van der Waals surface area contributed by atoms with Gasteiger partial charge in [-0.05, 0) is 31.6 Å². The molecule has 3 atom stereocenters. The van der Waals surface area contributed by atoms with Crippen LogP contribution in [0.3, 0.4) is 0 Å². The second-order valence-corrected chi connectivity index (χ2v) is 5.31. The van der Waals surface area contributed by atoms with E-state index in [0.717, 1.165) is 17.9 Å². The third-order valence-corrected chi connectivity index (χ3v) is 3.74. The van der Waals surface area contributed by atoms with Gasteiger partial charge in [0, 0.05) is 12.1 Å². The van der Waals surface area contributed by atoms with Gasteiger partial charge in [-0.15, -0.1) is 0 Å². The summed E-state index contributed by atoms with van der Waals surface area (Å²) in [5, 5.41) is 3.78. The zero-order chi connectivity index (χ0) is 11.8. The first kappa shape index (κ1) is 15.0. The van der Waals surface area contributed by atoms with E-state index in [9.17, 15) is 0 Å². The molecular weight excluding hydrogens is 182 g/mol. The Hall–Kier alpha value is -0.0400. The molecule has 15 heavy (non-hydrogen) atoms. The van der Waals surface area contributed by atoms with Crippen LogP contribution in [0.25, 0.3) is 0 Å². The van der Waals surface area contributed by atoms with Crippen LogP contribution in [-0.4, -0.2) is 12.1 Å². The quantitative estimate of drug-likeness (QED) is 0.636. The van der Waals surface area contributed by atoms with Crippen molar-refractivity contribution >= 4 is 0 Å². The Balaban J connectivity index is 3.94. The zero-order valence-electron chi connectivity index (χ0n) is 11.6. The van der Waals surface area contributed by atoms with Gasteiger partial charge >= 0.3 is 0 Å². The standard InChI is InChI=1S/C14H31N/c1-7-9-10-14(8-2)15-13(6)12(5)11(3)4/h11-15H,7-10H2,1-6H3. The summed E-state index contributed by atoms with van der Waals surface area (Å²) in [7, 11) is 0. The molecule has 0 bridgehead atoms. The molecule has 1 nitrogen and oxygen atoms in total. The molecule has 0 aliphatic heterocycles. The second-order valence-electron chi connectivity index (χ2n) is 5.31. The number of nitrogens with one attached hydrogen (secondary N) is 1. The first-order chi connectivity index (χ1) is 7.02. The molecule has 0 saturated carbocycles. The summed E-state index contributed by atoms with van der Waals surface area (Å²) in [5.41, 5.74) is 0. The van der Waals surface area contributed by atoms with Crippen molar-refractivity contribution in [3.63, 3.8) is 0 Å². The fourth-order valence-electron chi connectivity index (χ4n) is 1.96. The monoisotopic (exact) mass is 213 g/mol. The highest BCUT2D eigenvalue weighted by molar-refractivity contribution is 4.76. The Bertz CT molecular complexity index is 142. The molecule has 0 aromatic rings. The van der Waals surface area contributed by atoms with Gasteiger partial charge < -0.3 is 5.32 Å². The summed E-state index contributed by atoms with van der Waals surface area (Å²) in [5.74, 6) is 1.54. The summed E-state index contributed by atoms with van der Waals surface area (Å²) in [4.78, 5) is 0. The SMILES string of the molecule is CCCCC(CC)NC(C)C(C)C(C)C. The molecule has 92 valence electrons. The van der Waals surface area contributed by atoms with Crippen molar-refractivity contribution < 1.29 is 0 Å². The normalized spacial score (nSPS) is 17.8. The van der Waals surface area contributed by atoms with Crippen molar-refractivity contribution in [1.82, 2.24) is 5.32 Å². The van der Waals surface area contributed by atoms with E-state index in [1.807, 2.05) is 0 Å². The van der Waals surface area contributed by atoms with Crippen LogP contribution in [0.5, 0.6) is 0 Å². The van der Waals surface area contributed by atoms with Crippen molar-refractivity contribution in [2.45, 2.75) is 79.3 Å². The lowest BCUT2D eigenvalue weighted by Gasteiger charge is -2.29. The molecule has 3 unspecified atom stereocenters. The van der Waals surface area contributed by atoms with Crippen molar-refractivity contribution in [1.29, 1.82) is 0 Å². The van der Waals surface area contributed by atoms with Gasteiger partial charge in [0.15, 0.2) is 0 Å². The fourth-order valence-corrected chi connectivity index (χ4v) is 1.96. The molecule has 0 aliphatic rings. The minimum absolute atomic E-state index is 0.645. The summed E-state index contributed by atoms with van der Waals surface area (Å²) in [6, 6.07) is 1.37. The molecule has 1 heteroatoms. The van der Waals surface area contributed by atoms with Gasteiger partial charge in [-0.3, -0.25) is 0 Å². The third kappa shape index (κ3) is 6.19. The average Bonchev–Trinajstić information content (AvgIpc) is 2.22. The Morgan fingerprint density at radius 2 is 1.60 bits per heavy atom. The summed E-state index contributed by atoms with van der Waals surface area (Å²) >= 11 is 0. The van der Waals surface area contributed by atoms with Crippen LogP contribution in [-0.2, 0) is 0 Å². The first-order valence-corrected chi connectivity index (χ1v) is 6.78. The van der Waals surface area contributed by atoms with E-state index in [0.29, 0.717) is 6.04 Å². The average molecular weight is 213 g/mol. The van der Waals surface area contributed by atoms with Gasteiger partial charge in [0.25, 0.3) is 0 Å². The predicted molar refractivity (Wildman–Crippen MR) is 70.2 cm³/mol. The summed E-state index contributed by atoms with van der Waals surface area (Å²) in [6.07, 6.45) is 5.26. The fraction of sp³-hybridized carbons (Fsp3) is 1.00. The highest BCUT2D eigenvalue weighted by Gasteiger charge is 2.18. The van der Waals surface area contributed by atoms with Gasteiger partial charge in [-0.25, -0.2) is 0 Å². The van der Waals surface area contributed by atoms with E-state index in [1.54, 1.807) is 0 Å². The number of hydrogen-bond acceptors (Lipinski definition) is 1. The molecule has 1 N–H and O–H groups in total. The van der Waals surface area contributed by atoms with Crippen LogP contribution in [0.4, 0.5) is 0 Å². The maximum absolute atomic E-state index is 3.78. The van der Waals surface area contributed by atoms with Crippen LogP contribution in [0.2, 0.25) is 0 Å². The van der Waals surface area contributed by atoms with E-state index >= 15 is 0 Å². The number of rotatable bonds is 8. The van der Waals surface area contributed by atoms with Crippen LogP contribution in [0, 0.1) is 11.8 Å². The molecule has 0 heterocycles. The lowest BCUT2D eigenvalue weighted by Crippen LogP contribution is -2.41. The van der Waals surface area contributed by atoms with Crippen molar-refractivity contribution in [2.75, 3.05) is 0 Å². The van der Waals surface area contributed by atoms with Gasteiger partial charge in [0.2, 0.25) is 0 Å². The molecule has 0 spiro atoms. The number of unbranched alkanes of at least 4 members (excludes halogenated alkanes) is 1. The molecule has 0 aromatic carbocycles. The van der Waals surface area contributed by atoms with Crippen LogP contribution >= 0.6 is 0 Å². The molecule has 0 radical (unpaired) electrons. The Labute approximate surface area is 97.0 Å². The van der Waals surface area contributed by atoms with Crippen LogP contribution < -0.4 is 5.32 Å². The van der Waals surface area contributed by atoms with E-state index in [2.05, 4.69) is 46.9 Å². The van der Waals surface area contributed by atoms with Crippen LogP contribution in [0.15, 0.2) is 0 Å². The summed E-state index contributed by atoms with van der Waals surface area (Å²) in [6.45, 7) is 13.9. The smallest absolute Gasteiger partial charge is 0.00693 e. The third-order valence-electron chi connectivity index (χ3n) is 3.74. The van der Waals surface area contributed by atoms with E-state index in [1.165, 1.54) is 25.7 Å². The minimum Gasteiger partial charge on any atom is -0.311 e. The van der Waals surface area contributed by atoms with Gasteiger partial charge in [0.05, 0.1) is 0 Å². The Morgan fingerprint density at radius 3 is 2.00 bits per heavy atom. The van der Waals surface area contributed by atoms with Crippen LogP contribution in [0.1, 0.15) is 67.2 Å². The van der Waals surface area contributed by atoms with Crippen molar-refractivity contribution in [3.8, 4) is 0 Å². The Kier molecular flexibility index (Phi) is 8.13. The Morgan fingerprint density at radius 1 is 1.00 bits per heavy atom. The lowest BCUT2D eigenvalue weighted by atomic mass is 9.90. The molecule has 0 aliphatic carbocycles. The highest BCUT2D eigenvalue weighted by atomic mass is 14.9. The second kappa shape index (κ2) is 8.15. The lowest BCUT2D eigenvalue weighted by molar-refractivity contribution is 0.280. The van der Waals surface area contributed by atoms with Gasteiger partial charge in [-0.2, -0.15) is 0 Å². The molecule has 0 aromatic heterocycles. The number of hydrogen-bond donors (Lipinski definition) is 1. The van der Waals surface area contributed by atoms with E-state index < -0.39 is 0 Å². The maximum atomic E-state index is 3.78. The van der Waals surface area contributed by atoms with E-state index in [4.69, 9.17) is 0 Å². The summed E-state index contributed by atoms with van der Waals surface area (Å²) < 4.78 is 0. The van der Waals surface area contributed by atoms with Crippen molar-refractivity contribution in [3.05, 3.63) is 0 Å². The molecule has 0 rings (SSSR count). The van der Waals surface area contributed by atoms with Gasteiger partial charge in [-0.1, -0.05) is 47.5 Å². The molecule has 0 amide bonds. The molecule has 0 fully saturated rings. The highest BCUT2D eigenvalue weighted by Crippen LogP contribution is 2.16. The predicted octanol–water partition coefficient (Wildman–Crippen LogP) is 4.23. The van der Waals surface area contributed by atoms with Crippen molar-refractivity contribution in [2.24, 2.45) is 11.8 Å². The molecular formula is C14H31N. The van der Waals surface area contributed by atoms with E-state index in [-0.39, 0.29) is 0 Å². The topological polar surface area (TPSA) is 12.0 Å². The first-order valence-electron chi connectivity index (χ1n) is 6.78. The minimum atomic E-state index is 0.645. The van der Waals surface area contributed by atoms with Gasteiger partial charge in [0.1, 0.15) is 0 Å². The largest absolute Gasteiger partial charge is 0.311 e. The zero-order valence-corrected chi connectivity index (χ0v) is 11.6. The maximum Gasteiger partial charge on any atom is 0.00693 e. The molecule has 0 saturated heterocycles.